The topological polar surface area (TPSA) is 12.0 Å². The molecule has 1 aromatic carbocycles. The van der Waals surface area contributed by atoms with Crippen molar-refractivity contribution in [3.8, 4) is 10.4 Å². The van der Waals surface area contributed by atoms with Crippen LogP contribution in [-0.2, 0) is 6.18 Å². The molecule has 0 aliphatic heterocycles. The standard InChI is InChI=1S/C14H13BrF3NS/c1-8(19-2)12-5-6-13(20-12)10-4-3-9(15)7-11(10)14(16,17)18/h3-8,19H,1-2H3. The van der Waals surface area contributed by atoms with Crippen LogP contribution in [0.3, 0.4) is 0 Å². The molecule has 1 heterocycles. The minimum absolute atomic E-state index is 0.124. The maximum absolute atomic E-state index is 13.1. The summed E-state index contributed by atoms with van der Waals surface area (Å²) < 4.78 is 39.8. The summed E-state index contributed by atoms with van der Waals surface area (Å²) in [7, 11) is 1.82. The maximum atomic E-state index is 13.1. The van der Waals surface area contributed by atoms with E-state index in [2.05, 4.69) is 21.2 Å². The number of hydrogen-bond acceptors (Lipinski definition) is 2. The Morgan fingerprint density at radius 3 is 2.50 bits per heavy atom. The van der Waals surface area contributed by atoms with Crippen LogP contribution in [0.25, 0.3) is 10.4 Å². The zero-order valence-electron chi connectivity index (χ0n) is 10.9. The number of alkyl halides is 3. The third kappa shape index (κ3) is 3.24. The normalized spacial score (nSPS) is 13.5. The highest BCUT2D eigenvalue weighted by molar-refractivity contribution is 9.10. The van der Waals surface area contributed by atoms with Crippen molar-refractivity contribution in [3.63, 3.8) is 0 Å². The zero-order chi connectivity index (χ0) is 14.9. The minimum Gasteiger partial charge on any atom is -0.313 e. The van der Waals surface area contributed by atoms with Crippen LogP contribution in [0.5, 0.6) is 0 Å². The lowest BCUT2D eigenvalue weighted by Crippen LogP contribution is -2.10. The van der Waals surface area contributed by atoms with E-state index < -0.39 is 11.7 Å². The number of thiophene rings is 1. The first-order valence-corrected chi connectivity index (χ1v) is 7.58. The molecule has 0 spiro atoms. The fourth-order valence-corrected chi connectivity index (χ4v) is 3.31. The molecule has 0 aliphatic carbocycles. The quantitative estimate of drug-likeness (QED) is 0.761. The lowest BCUT2D eigenvalue weighted by Gasteiger charge is -2.12. The van der Waals surface area contributed by atoms with Crippen LogP contribution in [0.4, 0.5) is 13.2 Å². The predicted octanol–water partition coefficient (Wildman–Crippen LogP) is 5.48. The van der Waals surface area contributed by atoms with Crippen molar-refractivity contribution >= 4 is 27.3 Å². The third-order valence-corrected chi connectivity index (χ3v) is 4.83. The van der Waals surface area contributed by atoms with Gasteiger partial charge in [-0.1, -0.05) is 22.0 Å². The van der Waals surface area contributed by atoms with E-state index in [0.717, 1.165) is 10.9 Å². The molecule has 0 saturated heterocycles. The monoisotopic (exact) mass is 363 g/mol. The Morgan fingerprint density at radius 1 is 1.20 bits per heavy atom. The van der Waals surface area contributed by atoms with Gasteiger partial charge in [-0.2, -0.15) is 13.2 Å². The molecule has 1 unspecified atom stereocenters. The summed E-state index contributed by atoms with van der Waals surface area (Å²) in [5.41, 5.74) is -0.391. The Kier molecular flexibility index (Phi) is 4.56. The average Bonchev–Trinajstić information content (AvgIpc) is 2.86. The summed E-state index contributed by atoms with van der Waals surface area (Å²) in [5.74, 6) is 0. The highest BCUT2D eigenvalue weighted by atomic mass is 79.9. The Bertz CT molecular complexity index is 607. The van der Waals surface area contributed by atoms with Crippen molar-refractivity contribution in [1.29, 1.82) is 0 Å². The summed E-state index contributed by atoms with van der Waals surface area (Å²) in [6.45, 7) is 1.97. The highest BCUT2D eigenvalue weighted by Gasteiger charge is 2.34. The molecule has 1 atom stereocenters. The lowest BCUT2D eigenvalue weighted by molar-refractivity contribution is -0.137. The van der Waals surface area contributed by atoms with Gasteiger partial charge in [-0.25, -0.2) is 0 Å². The van der Waals surface area contributed by atoms with E-state index in [1.807, 2.05) is 20.0 Å². The van der Waals surface area contributed by atoms with Crippen molar-refractivity contribution in [2.45, 2.75) is 19.1 Å². The number of hydrogen-bond donors (Lipinski definition) is 1. The molecule has 0 bridgehead atoms. The molecule has 0 fully saturated rings. The summed E-state index contributed by atoms with van der Waals surface area (Å²) in [4.78, 5) is 1.64. The lowest BCUT2D eigenvalue weighted by atomic mass is 10.1. The maximum Gasteiger partial charge on any atom is 0.417 e. The Balaban J connectivity index is 2.50. The molecule has 0 amide bonds. The van der Waals surface area contributed by atoms with Gasteiger partial charge in [0.05, 0.1) is 5.56 Å². The number of rotatable bonds is 3. The Morgan fingerprint density at radius 2 is 1.90 bits per heavy atom. The van der Waals surface area contributed by atoms with Crippen LogP contribution in [0.1, 0.15) is 23.4 Å². The van der Waals surface area contributed by atoms with Gasteiger partial charge >= 0.3 is 6.18 Å². The molecule has 1 aromatic heterocycles. The fourth-order valence-electron chi connectivity index (χ4n) is 1.84. The summed E-state index contributed by atoms with van der Waals surface area (Å²) >= 11 is 4.47. The van der Waals surface area contributed by atoms with E-state index >= 15 is 0 Å². The third-order valence-electron chi connectivity index (χ3n) is 3.04. The summed E-state index contributed by atoms with van der Waals surface area (Å²) in [5, 5.41) is 3.08. The summed E-state index contributed by atoms with van der Waals surface area (Å²) in [6, 6.07) is 7.99. The molecule has 1 N–H and O–H groups in total. The molecule has 0 radical (unpaired) electrons. The van der Waals surface area contributed by atoms with Crippen molar-refractivity contribution in [1.82, 2.24) is 5.32 Å². The zero-order valence-corrected chi connectivity index (χ0v) is 13.3. The second-order valence-electron chi connectivity index (χ2n) is 4.40. The van der Waals surface area contributed by atoms with Crippen LogP contribution in [0, 0.1) is 0 Å². The molecule has 1 nitrogen and oxygen atoms in total. The fraction of sp³-hybridized carbons (Fsp3) is 0.286. The van der Waals surface area contributed by atoms with Crippen molar-refractivity contribution in [2.75, 3.05) is 7.05 Å². The molecule has 0 aliphatic rings. The van der Waals surface area contributed by atoms with E-state index in [9.17, 15) is 13.2 Å². The smallest absolute Gasteiger partial charge is 0.313 e. The van der Waals surface area contributed by atoms with Gasteiger partial charge in [0, 0.05) is 25.8 Å². The van der Waals surface area contributed by atoms with E-state index in [1.165, 1.54) is 17.4 Å². The summed E-state index contributed by atoms with van der Waals surface area (Å²) in [6.07, 6.45) is -4.36. The van der Waals surface area contributed by atoms with Gasteiger partial charge in [0.2, 0.25) is 0 Å². The van der Waals surface area contributed by atoms with Gasteiger partial charge in [-0.3, -0.25) is 0 Å². The van der Waals surface area contributed by atoms with E-state index in [1.54, 1.807) is 12.1 Å². The Hall–Kier alpha value is -0.850. The number of halogens is 4. The first-order chi connectivity index (χ1) is 9.32. The number of nitrogens with one attached hydrogen (secondary N) is 1. The van der Waals surface area contributed by atoms with Gasteiger partial charge in [0.25, 0.3) is 0 Å². The van der Waals surface area contributed by atoms with Crippen LogP contribution >= 0.6 is 27.3 Å². The van der Waals surface area contributed by atoms with Gasteiger partial charge in [-0.15, -0.1) is 11.3 Å². The van der Waals surface area contributed by atoms with Crippen molar-refractivity contribution in [3.05, 3.63) is 45.2 Å². The van der Waals surface area contributed by atoms with E-state index in [-0.39, 0.29) is 11.6 Å². The minimum atomic E-state index is -4.36. The van der Waals surface area contributed by atoms with Gasteiger partial charge < -0.3 is 5.32 Å². The van der Waals surface area contributed by atoms with E-state index in [4.69, 9.17) is 0 Å². The largest absolute Gasteiger partial charge is 0.417 e. The van der Waals surface area contributed by atoms with Crippen LogP contribution in [-0.4, -0.2) is 7.05 Å². The highest BCUT2D eigenvalue weighted by Crippen LogP contribution is 2.41. The van der Waals surface area contributed by atoms with Gasteiger partial charge in [-0.05, 0) is 38.2 Å². The SMILES string of the molecule is CNC(C)c1ccc(-c2ccc(Br)cc2C(F)(F)F)s1. The predicted molar refractivity (Wildman–Crippen MR) is 79.9 cm³/mol. The average molecular weight is 364 g/mol. The van der Waals surface area contributed by atoms with Crippen LogP contribution < -0.4 is 5.32 Å². The van der Waals surface area contributed by atoms with Gasteiger partial charge in [0.15, 0.2) is 0 Å². The van der Waals surface area contributed by atoms with E-state index in [0.29, 0.717) is 9.35 Å². The molecule has 108 valence electrons. The van der Waals surface area contributed by atoms with Crippen molar-refractivity contribution < 1.29 is 13.2 Å². The second-order valence-corrected chi connectivity index (χ2v) is 6.43. The molecule has 0 saturated carbocycles. The molecule has 20 heavy (non-hydrogen) atoms. The van der Waals surface area contributed by atoms with Crippen LogP contribution in [0.15, 0.2) is 34.8 Å². The molecule has 6 heteroatoms. The molecular weight excluding hydrogens is 351 g/mol. The van der Waals surface area contributed by atoms with Crippen molar-refractivity contribution in [2.24, 2.45) is 0 Å². The molecular formula is C14H13BrF3NS. The number of benzene rings is 1. The molecule has 2 aromatic rings. The first-order valence-electron chi connectivity index (χ1n) is 5.97. The second kappa shape index (κ2) is 5.87. The van der Waals surface area contributed by atoms with Crippen LogP contribution in [0.2, 0.25) is 0 Å². The van der Waals surface area contributed by atoms with Gasteiger partial charge in [0.1, 0.15) is 0 Å². The first kappa shape index (κ1) is 15.5. The molecule has 2 rings (SSSR count). The Labute approximate surface area is 128 Å².